The van der Waals surface area contributed by atoms with Crippen molar-refractivity contribution in [3.63, 3.8) is 0 Å². The molecule has 1 aromatic heterocycles. The summed E-state index contributed by atoms with van der Waals surface area (Å²) < 4.78 is 3.10. The van der Waals surface area contributed by atoms with E-state index in [0.29, 0.717) is 5.56 Å². The fourth-order valence-corrected chi connectivity index (χ4v) is 1.95. The summed E-state index contributed by atoms with van der Waals surface area (Å²) in [6, 6.07) is 6.22. The summed E-state index contributed by atoms with van der Waals surface area (Å²) in [6.07, 6.45) is 3.50. The van der Waals surface area contributed by atoms with Crippen molar-refractivity contribution in [1.29, 1.82) is 0 Å². The lowest BCUT2D eigenvalue weighted by atomic mass is 10.1. The van der Waals surface area contributed by atoms with Gasteiger partial charge in [-0.1, -0.05) is 6.08 Å². The first-order valence-corrected chi connectivity index (χ1v) is 6.16. The van der Waals surface area contributed by atoms with E-state index in [2.05, 4.69) is 0 Å². The van der Waals surface area contributed by atoms with Crippen LogP contribution in [0.1, 0.15) is 17.0 Å². The van der Waals surface area contributed by atoms with E-state index in [1.54, 1.807) is 30.8 Å². The largest absolute Gasteiger partial charge is 0.508 e. The normalized spacial score (nSPS) is 11.2. The fourth-order valence-electron chi connectivity index (χ4n) is 1.95. The smallest absolute Gasteiger partial charge is 0.498 e. The second kappa shape index (κ2) is 5.21. The van der Waals surface area contributed by atoms with Crippen molar-refractivity contribution in [2.45, 2.75) is 6.92 Å². The van der Waals surface area contributed by atoms with Crippen LogP contribution in [0.25, 0.3) is 12.2 Å². The highest BCUT2D eigenvalue weighted by Gasteiger charge is 2.11. The maximum Gasteiger partial charge on any atom is 0.498 e. The maximum atomic E-state index is 11.9. The van der Waals surface area contributed by atoms with Crippen LogP contribution >= 0.6 is 0 Å². The molecule has 1 aromatic carbocycles. The molecule has 2 N–H and O–H groups in total. The lowest BCUT2D eigenvalue weighted by Gasteiger charge is -2.02. The van der Waals surface area contributed by atoms with Gasteiger partial charge in [-0.15, -0.1) is 0 Å². The Morgan fingerprint density at radius 3 is 2.30 bits per heavy atom. The van der Waals surface area contributed by atoms with Crippen molar-refractivity contribution in [3.8, 4) is 11.5 Å². The summed E-state index contributed by atoms with van der Waals surface area (Å²) in [5.41, 5.74) is 2.14. The van der Waals surface area contributed by atoms with Crippen molar-refractivity contribution < 1.29 is 14.8 Å². The Balaban J connectivity index is 2.44. The van der Waals surface area contributed by atoms with E-state index in [-0.39, 0.29) is 17.2 Å². The molecule has 0 unspecified atom stereocenters. The summed E-state index contributed by atoms with van der Waals surface area (Å²) in [7, 11) is 3.42. The molecule has 1 heterocycles. The van der Waals surface area contributed by atoms with Crippen LogP contribution in [0.3, 0.4) is 0 Å². The van der Waals surface area contributed by atoms with Crippen LogP contribution in [0.15, 0.2) is 29.1 Å². The number of rotatable bonds is 2. The van der Waals surface area contributed by atoms with Gasteiger partial charge in [0.15, 0.2) is 0 Å². The first kappa shape index (κ1) is 13.9. The first-order valence-electron chi connectivity index (χ1n) is 6.16. The molecule has 0 fully saturated rings. The van der Waals surface area contributed by atoms with Gasteiger partial charge in [0.25, 0.3) is 0 Å². The summed E-state index contributed by atoms with van der Waals surface area (Å²) in [5.74, 6) is -0.0108. The van der Waals surface area contributed by atoms with E-state index in [1.165, 1.54) is 22.8 Å². The molecule has 5 heteroatoms. The molecule has 0 aliphatic heterocycles. The number of aromatic nitrogens is 2. The van der Waals surface area contributed by atoms with Crippen LogP contribution in [-0.4, -0.2) is 14.8 Å². The average Bonchev–Trinajstić information content (AvgIpc) is 2.38. The van der Waals surface area contributed by atoms with Gasteiger partial charge in [-0.25, -0.2) is 0 Å². The Labute approximate surface area is 116 Å². The monoisotopic (exact) mass is 273 g/mol. The molecule has 0 bridgehead atoms. The maximum absolute atomic E-state index is 11.9. The van der Waals surface area contributed by atoms with Crippen LogP contribution in [0.2, 0.25) is 0 Å². The van der Waals surface area contributed by atoms with Crippen LogP contribution in [0.5, 0.6) is 11.5 Å². The minimum absolute atomic E-state index is 0.00539. The molecule has 2 aromatic rings. The van der Waals surface area contributed by atoms with Gasteiger partial charge in [-0.2, -0.15) is 13.9 Å². The molecule has 0 saturated heterocycles. The molecule has 0 saturated carbocycles. The molecule has 0 radical (unpaired) electrons. The van der Waals surface area contributed by atoms with Crippen molar-refractivity contribution in [2.24, 2.45) is 14.1 Å². The van der Waals surface area contributed by atoms with Crippen molar-refractivity contribution in [2.75, 3.05) is 0 Å². The van der Waals surface area contributed by atoms with Crippen LogP contribution in [0, 0.1) is 6.92 Å². The Morgan fingerprint density at radius 2 is 1.70 bits per heavy atom. The van der Waals surface area contributed by atoms with Crippen molar-refractivity contribution in [1.82, 2.24) is 4.57 Å². The molecular formula is C15H17N2O3+. The van der Waals surface area contributed by atoms with E-state index in [1.807, 2.05) is 13.0 Å². The Morgan fingerprint density at radius 1 is 1.10 bits per heavy atom. The van der Waals surface area contributed by atoms with Crippen LogP contribution in [0.4, 0.5) is 0 Å². The molecule has 0 atom stereocenters. The highest BCUT2D eigenvalue weighted by Crippen LogP contribution is 2.21. The summed E-state index contributed by atoms with van der Waals surface area (Å²) in [5, 5.41) is 18.8. The van der Waals surface area contributed by atoms with E-state index in [4.69, 9.17) is 0 Å². The molecule has 0 amide bonds. The van der Waals surface area contributed by atoms with Gasteiger partial charge in [-0.05, 0) is 30.7 Å². The third-order valence-electron chi connectivity index (χ3n) is 3.22. The number of aryl methyl sites for hydroxylation is 1. The predicted molar refractivity (Wildman–Crippen MR) is 76.3 cm³/mol. The number of hydrogen-bond donors (Lipinski definition) is 2. The van der Waals surface area contributed by atoms with Gasteiger partial charge in [0.1, 0.15) is 22.9 Å². The molecule has 0 spiro atoms. The zero-order valence-corrected chi connectivity index (χ0v) is 11.7. The third-order valence-corrected chi connectivity index (χ3v) is 3.22. The van der Waals surface area contributed by atoms with E-state index >= 15 is 0 Å². The topological polar surface area (TPSA) is 66.3 Å². The van der Waals surface area contributed by atoms with Crippen molar-refractivity contribution >= 4 is 12.2 Å². The third kappa shape index (κ3) is 2.71. The predicted octanol–water partition coefficient (Wildman–Crippen LogP) is 1.10. The van der Waals surface area contributed by atoms with E-state index in [9.17, 15) is 15.0 Å². The molecule has 2 rings (SSSR count). The highest BCUT2D eigenvalue weighted by molar-refractivity contribution is 5.68. The lowest BCUT2D eigenvalue weighted by molar-refractivity contribution is -0.692. The molecule has 0 aliphatic rings. The Bertz CT molecular complexity index is 725. The SMILES string of the molecule is Cc1cc(C=Cc2cc(O)cc(O)c2)[n+](C)c(=O)n1C. The van der Waals surface area contributed by atoms with Crippen LogP contribution in [-0.2, 0) is 14.1 Å². The number of hydrogen-bond acceptors (Lipinski definition) is 3. The first-order chi connectivity index (χ1) is 9.38. The Kier molecular flexibility index (Phi) is 3.61. The second-order valence-electron chi connectivity index (χ2n) is 4.73. The lowest BCUT2D eigenvalue weighted by Crippen LogP contribution is -2.53. The summed E-state index contributed by atoms with van der Waals surface area (Å²) in [6.45, 7) is 1.86. The minimum atomic E-state index is -0.108. The van der Waals surface area contributed by atoms with E-state index in [0.717, 1.165) is 11.4 Å². The quantitative estimate of drug-likeness (QED) is 0.805. The number of benzene rings is 1. The van der Waals surface area contributed by atoms with Gasteiger partial charge in [0, 0.05) is 12.1 Å². The van der Waals surface area contributed by atoms with E-state index < -0.39 is 0 Å². The Hall–Kier alpha value is -2.56. The molecule has 5 nitrogen and oxygen atoms in total. The zero-order valence-electron chi connectivity index (χ0n) is 11.7. The standard InChI is InChI=1S/C15H16N2O3/c1-10-6-12(17(3)15(20)16(10)2)5-4-11-7-13(18)9-14(19)8-11/h4-9H,1-3H3,(H-,18,19)/p+1. The molecule has 0 aliphatic carbocycles. The molecular weight excluding hydrogens is 256 g/mol. The zero-order chi connectivity index (χ0) is 14.9. The average molecular weight is 273 g/mol. The summed E-state index contributed by atoms with van der Waals surface area (Å²) >= 11 is 0. The van der Waals surface area contributed by atoms with Gasteiger partial charge >= 0.3 is 5.69 Å². The molecule has 20 heavy (non-hydrogen) atoms. The fraction of sp³-hybridized carbons (Fsp3) is 0.200. The number of phenols is 2. The highest BCUT2D eigenvalue weighted by atomic mass is 16.3. The molecule has 104 valence electrons. The number of phenolic OH excluding ortho intramolecular Hbond substituents is 2. The second-order valence-corrected chi connectivity index (χ2v) is 4.73. The number of nitrogens with zero attached hydrogens (tertiary/aromatic N) is 2. The van der Waals surface area contributed by atoms with Gasteiger partial charge in [0.05, 0.1) is 14.1 Å². The minimum Gasteiger partial charge on any atom is -0.508 e. The number of aromatic hydroxyl groups is 2. The van der Waals surface area contributed by atoms with Crippen LogP contribution < -0.4 is 10.3 Å². The van der Waals surface area contributed by atoms with Gasteiger partial charge in [-0.3, -0.25) is 0 Å². The van der Waals surface area contributed by atoms with Gasteiger partial charge in [0.2, 0.25) is 0 Å². The summed E-state index contributed by atoms with van der Waals surface area (Å²) in [4.78, 5) is 11.9. The van der Waals surface area contributed by atoms with Gasteiger partial charge < -0.3 is 10.2 Å². The van der Waals surface area contributed by atoms with Crippen molar-refractivity contribution in [3.05, 3.63) is 51.7 Å².